The lowest BCUT2D eigenvalue weighted by Gasteiger charge is -2.26. The number of aromatic nitrogens is 3. The number of hydrogen-bond acceptors (Lipinski definition) is 5. The number of H-pyrrole nitrogens is 1. The van der Waals surface area contributed by atoms with Gasteiger partial charge in [0.25, 0.3) is 5.91 Å². The Kier molecular flexibility index (Phi) is 5.49. The van der Waals surface area contributed by atoms with E-state index in [2.05, 4.69) is 29.9 Å². The van der Waals surface area contributed by atoms with Crippen molar-refractivity contribution in [2.75, 3.05) is 32.9 Å². The quantitative estimate of drug-likeness (QED) is 0.719. The molecular formula is C22H26N4O3. The summed E-state index contributed by atoms with van der Waals surface area (Å²) in [7, 11) is 0. The summed E-state index contributed by atoms with van der Waals surface area (Å²) >= 11 is 0. The minimum absolute atomic E-state index is 0.0164. The molecule has 1 aromatic carbocycles. The maximum absolute atomic E-state index is 12.3. The molecule has 7 nitrogen and oxygen atoms in total. The van der Waals surface area contributed by atoms with Gasteiger partial charge in [-0.25, -0.2) is 9.97 Å². The third kappa shape index (κ3) is 4.10. The number of hydrogen-bond donors (Lipinski definition) is 1. The van der Waals surface area contributed by atoms with Crippen LogP contribution in [0, 0.1) is 13.8 Å². The number of amides is 1. The van der Waals surface area contributed by atoms with Gasteiger partial charge in [-0.15, -0.1) is 0 Å². The van der Waals surface area contributed by atoms with Gasteiger partial charge in [-0.2, -0.15) is 0 Å². The summed E-state index contributed by atoms with van der Waals surface area (Å²) in [6.45, 7) is 8.57. The van der Waals surface area contributed by atoms with Crippen LogP contribution in [0.1, 0.15) is 24.0 Å². The molecule has 3 heterocycles. The lowest BCUT2D eigenvalue weighted by Crippen LogP contribution is -2.42. The average Bonchev–Trinajstić information content (AvgIpc) is 3.13. The molecule has 0 saturated carbocycles. The molecule has 152 valence electrons. The van der Waals surface area contributed by atoms with Crippen molar-refractivity contribution in [1.82, 2.24) is 19.9 Å². The van der Waals surface area contributed by atoms with Gasteiger partial charge in [-0.05, 0) is 37.6 Å². The maximum Gasteiger partial charge on any atom is 0.260 e. The van der Waals surface area contributed by atoms with E-state index in [1.54, 1.807) is 4.90 Å². The Balaban J connectivity index is 1.57. The predicted molar refractivity (Wildman–Crippen MR) is 111 cm³/mol. The molecule has 1 N–H and O–H groups in total. The molecule has 3 aromatic rings. The van der Waals surface area contributed by atoms with E-state index in [1.807, 2.05) is 25.1 Å². The standard InChI is InChI=1S/C22H26N4O3/c1-4-20-23-15(3)22(25-20)19-11-14(2)17-6-5-16(12-18(17)24-19)29-13-21(27)26-7-9-28-10-8-26/h5-6,11-12H,4,7-10,13H2,1-3H3,(H,23,25). The molecule has 2 aromatic heterocycles. The first-order valence-corrected chi connectivity index (χ1v) is 10.0. The summed E-state index contributed by atoms with van der Waals surface area (Å²) in [5.41, 5.74) is 4.68. The summed E-state index contributed by atoms with van der Waals surface area (Å²) in [5, 5.41) is 1.06. The number of nitrogens with one attached hydrogen (secondary N) is 1. The van der Waals surface area contributed by atoms with Crippen LogP contribution in [0.4, 0.5) is 0 Å². The van der Waals surface area contributed by atoms with Crippen LogP contribution in [0.3, 0.4) is 0 Å². The largest absolute Gasteiger partial charge is 0.484 e. The number of ether oxygens (including phenoxy) is 2. The topological polar surface area (TPSA) is 80.3 Å². The first kappa shape index (κ1) is 19.4. The molecular weight excluding hydrogens is 368 g/mol. The number of nitrogens with zero attached hydrogens (tertiary/aromatic N) is 3. The van der Waals surface area contributed by atoms with Gasteiger partial charge in [-0.1, -0.05) is 6.92 Å². The highest BCUT2D eigenvalue weighted by atomic mass is 16.5. The number of carbonyl (C=O) groups is 1. The van der Waals surface area contributed by atoms with Crippen molar-refractivity contribution in [2.45, 2.75) is 27.2 Å². The molecule has 1 fully saturated rings. The fourth-order valence-corrected chi connectivity index (χ4v) is 3.58. The van der Waals surface area contributed by atoms with E-state index in [4.69, 9.17) is 14.5 Å². The van der Waals surface area contributed by atoms with Crippen LogP contribution in [-0.2, 0) is 16.0 Å². The smallest absolute Gasteiger partial charge is 0.260 e. The number of pyridine rings is 1. The monoisotopic (exact) mass is 394 g/mol. The van der Waals surface area contributed by atoms with Gasteiger partial charge in [0.05, 0.1) is 24.4 Å². The highest BCUT2D eigenvalue weighted by molar-refractivity contribution is 5.86. The number of imidazole rings is 1. The number of aromatic amines is 1. The third-order valence-corrected chi connectivity index (χ3v) is 5.23. The van der Waals surface area contributed by atoms with Crippen LogP contribution in [0.15, 0.2) is 24.3 Å². The van der Waals surface area contributed by atoms with Gasteiger partial charge >= 0.3 is 0 Å². The maximum atomic E-state index is 12.3. The van der Waals surface area contributed by atoms with Crippen molar-refractivity contribution in [3.63, 3.8) is 0 Å². The average molecular weight is 394 g/mol. The third-order valence-electron chi connectivity index (χ3n) is 5.23. The predicted octanol–water partition coefficient (Wildman–Crippen LogP) is 3.04. The SMILES string of the molecule is CCc1nc(-c2cc(C)c3ccc(OCC(=O)N4CCOCC4)cc3n2)c(C)[nH]1. The summed E-state index contributed by atoms with van der Waals surface area (Å²) in [5.74, 6) is 1.57. The van der Waals surface area contributed by atoms with Crippen LogP contribution < -0.4 is 4.74 Å². The molecule has 0 radical (unpaired) electrons. The number of carbonyl (C=O) groups excluding carboxylic acids is 1. The van der Waals surface area contributed by atoms with Crippen LogP contribution in [0.5, 0.6) is 5.75 Å². The molecule has 1 aliphatic heterocycles. The van der Waals surface area contributed by atoms with Gasteiger partial charge in [0.2, 0.25) is 0 Å². The Morgan fingerprint density at radius 3 is 2.72 bits per heavy atom. The minimum Gasteiger partial charge on any atom is -0.484 e. The van der Waals surface area contributed by atoms with Gasteiger partial charge in [0.1, 0.15) is 17.3 Å². The molecule has 0 bridgehead atoms. The van der Waals surface area contributed by atoms with Crippen LogP contribution in [0.2, 0.25) is 0 Å². The van der Waals surface area contributed by atoms with E-state index in [9.17, 15) is 4.79 Å². The molecule has 1 aliphatic rings. The Morgan fingerprint density at radius 2 is 2.00 bits per heavy atom. The molecule has 4 rings (SSSR count). The Labute approximate surface area is 170 Å². The van der Waals surface area contributed by atoms with Gasteiger partial charge in [0, 0.05) is 36.7 Å². The highest BCUT2D eigenvalue weighted by Crippen LogP contribution is 2.28. The molecule has 0 aliphatic carbocycles. The minimum atomic E-state index is -0.0227. The highest BCUT2D eigenvalue weighted by Gasteiger charge is 2.17. The lowest BCUT2D eigenvalue weighted by molar-refractivity contribution is -0.137. The Morgan fingerprint density at radius 1 is 1.21 bits per heavy atom. The summed E-state index contributed by atoms with van der Waals surface area (Å²) in [6.07, 6.45) is 0.850. The van der Waals surface area contributed by atoms with Crippen LogP contribution in [-0.4, -0.2) is 58.7 Å². The molecule has 0 spiro atoms. The fraction of sp³-hybridized carbons (Fsp3) is 0.409. The molecule has 1 saturated heterocycles. The summed E-state index contributed by atoms with van der Waals surface area (Å²) in [4.78, 5) is 26.9. The Bertz CT molecular complexity index is 1040. The van der Waals surface area contributed by atoms with Gasteiger partial charge in [0.15, 0.2) is 6.61 Å². The van der Waals surface area contributed by atoms with E-state index < -0.39 is 0 Å². The van der Waals surface area contributed by atoms with E-state index >= 15 is 0 Å². The summed E-state index contributed by atoms with van der Waals surface area (Å²) in [6, 6.07) is 7.83. The Hall–Kier alpha value is -2.93. The van der Waals surface area contributed by atoms with Crippen molar-refractivity contribution in [3.05, 3.63) is 41.3 Å². The first-order valence-electron chi connectivity index (χ1n) is 10.0. The van der Waals surface area contributed by atoms with Crippen molar-refractivity contribution < 1.29 is 14.3 Å². The fourth-order valence-electron chi connectivity index (χ4n) is 3.58. The second kappa shape index (κ2) is 8.21. The molecule has 1 amide bonds. The number of aryl methyl sites for hydroxylation is 3. The number of benzene rings is 1. The van der Waals surface area contributed by atoms with Crippen molar-refractivity contribution in [2.24, 2.45) is 0 Å². The zero-order valence-corrected chi connectivity index (χ0v) is 17.1. The van der Waals surface area contributed by atoms with E-state index in [0.717, 1.165) is 45.8 Å². The number of fused-ring (bicyclic) bond motifs is 1. The van der Waals surface area contributed by atoms with Crippen molar-refractivity contribution >= 4 is 16.8 Å². The second-order valence-corrected chi connectivity index (χ2v) is 7.30. The van der Waals surface area contributed by atoms with Gasteiger partial charge in [-0.3, -0.25) is 4.79 Å². The zero-order valence-electron chi connectivity index (χ0n) is 17.1. The van der Waals surface area contributed by atoms with Crippen molar-refractivity contribution in [1.29, 1.82) is 0 Å². The molecule has 29 heavy (non-hydrogen) atoms. The first-order chi connectivity index (χ1) is 14.0. The molecule has 7 heteroatoms. The van der Waals surface area contributed by atoms with E-state index in [0.29, 0.717) is 32.1 Å². The number of morpholine rings is 1. The zero-order chi connectivity index (χ0) is 20.4. The molecule has 0 atom stereocenters. The second-order valence-electron chi connectivity index (χ2n) is 7.30. The van der Waals surface area contributed by atoms with Crippen molar-refractivity contribution in [3.8, 4) is 17.1 Å². The normalized spacial score (nSPS) is 14.4. The number of rotatable bonds is 5. The van der Waals surface area contributed by atoms with Crippen LogP contribution >= 0.6 is 0 Å². The van der Waals surface area contributed by atoms with E-state index in [-0.39, 0.29) is 12.5 Å². The molecule has 0 unspecified atom stereocenters. The van der Waals surface area contributed by atoms with Gasteiger partial charge < -0.3 is 19.4 Å². The van der Waals surface area contributed by atoms with E-state index in [1.165, 1.54) is 0 Å². The van der Waals surface area contributed by atoms with Crippen LogP contribution in [0.25, 0.3) is 22.3 Å². The summed E-state index contributed by atoms with van der Waals surface area (Å²) < 4.78 is 11.1. The lowest BCUT2D eigenvalue weighted by atomic mass is 10.1.